The SMILES string of the molecule is CCOC(=O)c1nc(C(=O)Nc2nc(C)cc(C)n2)cs1. The molecule has 0 unspecified atom stereocenters. The number of amides is 1. The van der Waals surface area contributed by atoms with Crippen molar-refractivity contribution in [2.24, 2.45) is 0 Å². The Kier molecular flexibility index (Phi) is 4.59. The first-order chi connectivity index (χ1) is 9.99. The summed E-state index contributed by atoms with van der Waals surface area (Å²) >= 11 is 1.06. The highest BCUT2D eigenvalue weighted by molar-refractivity contribution is 7.11. The van der Waals surface area contributed by atoms with Crippen LogP contribution in [0.1, 0.15) is 38.6 Å². The Hall–Kier alpha value is -2.35. The summed E-state index contributed by atoms with van der Waals surface area (Å²) < 4.78 is 4.82. The van der Waals surface area contributed by atoms with Crippen molar-refractivity contribution in [2.75, 3.05) is 11.9 Å². The highest BCUT2D eigenvalue weighted by atomic mass is 32.1. The maximum absolute atomic E-state index is 12.0. The second kappa shape index (κ2) is 6.40. The number of ether oxygens (including phenoxy) is 1. The van der Waals surface area contributed by atoms with Crippen LogP contribution in [0.3, 0.4) is 0 Å². The number of esters is 1. The molecule has 7 nitrogen and oxygen atoms in total. The van der Waals surface area contributed by atoms with Crippen molar-refractivity contribution in [3.63, 3.8) is 0 Å². The van der Waals surface area contributed by atoms with E-state index >= 15 is 0 Å². The van der Waals surface area contributed by atoms with Crippen LogP contribution >= 0.6 is 11.3 Å². The number of hydrogen-bond donors (Lipinski definition) is 1. The monoisotopic (exact) mass is 306 g/mol. The predicted octanol–water partition coefficient (Wildman–Crippen LogP) is 1.98. The molecular formula is C13H14N4O3S. The smallest absolute Gasteiger partial charge is 0.367 e. The molecular weight excluding hydrogens is 292 g/mol. The van der Waals surface area contributed by atoms with Crippen LogP contribution in [0.5, 0.6) is 0 Å². The number of nitrogens with zero attached hydrogens (tertiary/aromatic N) is 3. The average molecular weight is 306 g/mol. The summed E-state index contributed by atoms with van der Waals surface area (Å²) in [5.74, 6) is -0.792. The highest BCUT2D eigenvalue weighted by Crippen LogP contribution is 2.13. The van der Waals surface area contributed by atoms with Crippen molar-refractivity contribution in [3.05, 3.63) is 33.5 Å². The quantitative estimate of drug-likeness (QED) is 0.868. The van der Waals surface area contributed by atoms with Crippen molar-refractivity contribution in [1.29, 1.82) is 0 Å². The number of rotatable bonds is 4. The van der Waals surface area contributed by atoms with Crippen molar-refractivity contribution >= 4 is 29.2 Å². The second-order valence-corrected chi connectivity index (χ2v) is 5.04. The summed E-state index contributed by atoms with van der Waals surface area (Å²) in [6.07, 6.45) is 0. The summed E-state index contributed by atoms with van der Waals surface area (Å²) in [7, 11) is 0. The van der Waals surface area contributed by atoms with E-state index in [2.05, 4.69) is 20.3 Å². The Bertz CT molecular complexity index is 664. The van der Waals surface area contributed by atoms with Gasteiger partial charge in [0.05, 0.1) is 6.61 Å². The summed E-state index contributed by atoms with van der Waals surface area (Å²) in [5.41, 5.74) is 1.64. The molecule has 0 aliphatic rings. The zero-order valence-electron chi connectivity index (χ0n) is 11.8. The lowest BCUT2D eigenvalue weighted by molar-refractivity contribution is 0.0526. The second-order valence-electron chi connectivity index (χ2n) is 4.19. The van der Waals surface area contributed by atoms with E-state index in [0.717, 1.165) is 22.7 Å². The highest BCUT2D eigenvalue weighted by Gasteiger charge is 2.17. The number of thiazole rings is 1. The first kappa shape index (κ1) is 15.0. The minimum absolute atomic E-state index is 0.130. The van der Waals surface area contributed by atoms with Gasteiger partial charge in [-0.1, -0.05) is 0 Å². The first-order valence-corrected chi connectivity index (χ1v) is 7.14. The first-order valence-electron chi connectivity index (χ1n) is 6.26. The van der Waals surface area contributed by atoms with E-state index in [1.54, 1.807) is 13.0 Å². The summed E-state index contributed by atoms with van der Waals surface area (Å²) in [6.45, 7) is 5.59. The van der Waals surface area contributed by atoms with Crippen LogP contribution in [0.25, 0.3) is 0 Å². The fraction of sp³-hybridized carbons (Fsp3) is 0.308. The van der Waals surface area contributed by atoms with Gasteiger partial charge in [0.25, 0.3) is 5.91 Å². The molecule has 2 heterocycles. The number of carbonyl (C=O) groups is 2. The van der Waals surface area contributed by atoms with Crippen molar-refractivity contribution in [3.8, 4) is 0 Å². The number of hydrogen-bond acceptors (Lipinski definition) is 7. The van der Waals surface area contributed by atoms with Gasteiger partial charge in [0.1, 0.15) is 5.69 Å². The molecule has 2 aromatic rings. The van der Waals surface area contributed by atoms with Gasteiger partial charge in [-0.25, -0.2) is 19.7 Å². The van der Waals surface area contributed by atoms with E-state index in [4.69, 9.17) is 4.74 Å². The summed E-state index contributed by atoms with van der Waals surface area (Å²) in [6, 6.07) is 1.80. The maximum Gasteiger partial charge on any atom is 0.367 e. The Morgan fingerprint density at radius 3 is 2.52 bits per heavy atom. The Morgan fingerprint density at radius 1 is 1.24 bits per heavy atom. The van der Waals surface area contributed by atoms with E-state index in [1.165, 1.54) is 5.38 Å². The molecule has 2 rings (SSSR count). The third kappa shape index (κ3) is 3.82. The fourth-order valence-corrected chi connectivity index (χ4v) is 2.30. The molecule has 8 heteroatoms. The van der Waals surface area contributed by atoms with Crippen LogP contribution in [0.4, 0.5) is 5.95 Å². The minimum atomic E-state index is -0.538. The van der Waals surface area contributed by atoms with Gasteiger partial charge in [-0.2, -0.15) is 0 Å². The van der Waals surface area contributed by atoms with Gasteiger partial charge in [0.15, 0.2) is 0 Å². The Labute approximate surface area is 125 Å². The standard InChI is InChI=1S/C13H14N4O3S/c1-4-20-12(19)11-16-9(6-21-11)10(18)17-13-14-7(2)5-8(3)15-13/h5-6H,4H2,1-3H3,(H,14,15,17,18). The van der Waals surface area contributed by atoms with Crippen LogP contribution < -0.4 is 5.32 Å². The van der Waals surface area contributed by atoms with Crippen LogP contribution in [0.2, 0.25) is 0 Å². The van der Waals surface area contributed by atoms with E-state index in [0.29, 0.717) is 0 Å². The van der Waals surface area contributed by atoms with Gasteiger partial charge in [-0.3, -0.25) is 10.1 Å². The molecule has 110 valence electrons. The van der Waals surface area contributed by atoms with Crippen LogP contribution in [-0.4, -0.2) is 33.4 Å². The van der Waals surface area contributed by atoms with Crippen molar-refractivity contribution in [1.82, 2.24) is 15.0 Å². The van der Waals surface area contributed by atoms with Crippen LogP contribution in [0, 0.1) is 13.8 Å². The van der Waals surface area contributed by atoms with Gasteiger partial charge in [-0.05, 0) is 26.8 Å². The number of carbonyl (C=O) groups excluding carboxylic acids is 2. The molecule has 21 heavy (non-hydrogen) atoms. The normalized spacial score (nSPS) is 10.2. The van der Waals surface area contributed by atoms with Crippen LogP contribution in [-0.2, 0) is 4.74 Å². The lowest BCUT2D eigenvalue weighted by Gasteiger charge is -2.03. The molecule has 1 amide bonds. The van der Waals surface area contributed by atoms with Gasteiger partial charge in [0.2, 0.25) is 11.0 Å². The third-order valence-corrected chi connectivity index (χ3v) is 3.22. The zero-order chi connectivity index (χ0) is 15.4. The molecule has 0 atom stereocenters. The largest absolute Gasteiger partial charge is 0.461 e. The van der Waals surface area contributed by atoms with Crippen LogP contribution in [0.15, 0.2) is 11.4 Å². The third-order valence-electron chi connectivity index (χ3n) is 2.39. The maximum atomic E-state index is 12.0. The lowest BCUT2D eigenvalue weighted by atomic mass is 10.3. The van der Waals surface area contributed by atoms with Crippen molar-refractivity contribution < 1.29 is 14.3 Å². The molecule has 2 aromatic heterocycles. The molecule has 0 saturated heterocycles. The Morgan fingerprint density at radius 2 is 1.90 bits per heavy atom. The van der Waals surface area contributed by atoms with Gasteiger partial charge >= 0.3 is 5.97 Å². The van der Waals surface area contributed by atoms with E-state index in [-0.39, 0.29) is 23.3 Å². The molecule has 0 spiro atoms. The zero-order valence-corrected chi connectivity index (χ0v) is 12.7. The van der Waals surface area contributed by atoms with E-state index < -0.39 is 11.9 Å². The molecule has 0 aromatic carbocycles. The molecule has 0 radical (unpaired) electrons. The summed E-state index contributed by atoms with van der Waals surface area (Å²) in [4.78, 5) is 35.7. The number of nitrogens with one attached hydrogen (secondary N) is 1. The number of aromatic nitrogens is 3. The summed E-state index contributed by atoms with van der Waals surface area (Å²) in [5, 5.41) is 4.19. The molecule has 1 N–H and O–H groups in total. The Balaban J connectivity index is 2.12. The van der Waals surface area contributed by atoms with Crippen molar-refractivity contribution in [2.45, 2.75) is 20.8 Å². The van der Waals surface area contributed by atoms with Gasteiger partial charge < -0.3 is 4.74 Å². The van der Waals surface area contributed by atoms with Gasteiger partial charge in [0, 0.05) is 16.8 Å². The average Bonchev–Trinajstić information content (AvgIpc) is 2.87. The molecule has 0 aliphatic heterocycles. The lowest BCUT2D eigenvalue weighted by Crippen LogP contribution is -2.16. The predicted molar refractivity (Wildman–Crippen MR) is 77.5 cm³/mol. The fourth-order valence-electron chi connectivity index (χ4n) is 1.61. The molecule has 0 fully saturated rings. The molecule has 0 aliphatic carbocycles. The molecule has 0 saturated carbocycles. The minimum Gasteiger partial charge on any atom is -0.461 e. The molecule has 0 bridgehead atoms. The number of anilines is 1. The van der Waals surface area contributed by atoms with E-state index in [9.17, 15) is 9.59 Å². The van der Waals surface area contributed by atoms with E-state index in [1.807, 2.05) is 13.8 Å². The number of aryl methyl sites for hydroxylation is 2. The topological polar surface area (TPSA) is 94.1 Å². The van der Waals surface area contributed by atoms with Gasteiger partial charge in [-0.15, -0.1) is 11.3 Å².